The highest BCUT2D eigenvalue weighted by atomic mass is 79.9. The summed E-state index contributed by atoms with van der Waals surface area (Å²) in [6.07, 6.45) is 0.888. The first-order valence-electron chi connectivity index (χ1n) is 6.26. The number of halogens is 2. The molecule has 2 rings (SSSR count). The summed E-state index contributed by atoms with van der Waals surface area (Å²) in [6.45, 7) is 3.66. The first-order valence-corrected chi connectivity index (χ1v) is 7.05. The zero-order chi connectivity index (χ0) is 13.8. The van der Waals surface area contributed by atoms with Crippen molar-refractivity contribution < 1.29 is 9.18 Å². The highest BCUT2D eigenvalue weighted by molar-refractivity contribution is 9.10. The van der Waals surface area contributed by atoms with Crippen molar-refractivity contribution in [1.82, 2.24) is 9.80 Å². The van der Waals surface area contributed by atoms with Crippen LogP contribution in [0.3, 0.4) is 0 Å². The van der Waals surface area contributed by atoms with Crippen LogP contribution in [0.15, 0.2) is 22.7 Å². The van der Waals surface area contributed by atoms with Crippen molar-refractivity contribution in [1.29, 1.82) is 0 Å². The van der Waals surface area contributed by atoms with Crippen LogP contribution in [-0.2, 0) is 6.54 Å². The molecular weight excluding hydrogens is 313 g/mol. The molecule has 0 unspecified atom stereocenters. The first kappa shape index (κ1) is 14.3. The fourth-order valence-corrected chi connectivity index (χ4v) is 2.82. The second-order valence-electron chi connectivity index (χ2n) is 4.73. The Morgan fingerprint density at radius 1 is 1.26 bits per heavy atom. The van der Waals surface area contributed by atoms with Crippen LogP contribution in [0.4, 0.5) is 9.18 Å². The van der Waals surface area contributed by atoms with Crippen molar-refractivity contribution in [2.24, 2.45) is 5.73 Å². The minimum absolute atomic E-state index is 0.238. The summed E-state index contributed by atoms with van der Waals surface area (Å²) in [4.78, 5) is 15.0. The van der Waals surface area contributed by atoms with Crippen molar-refractivity contribution in [3.63, 3.8) is 0 Å². The Bertz CT molecular complexity index is 449. The van der Waals surface area contributed by atoms with Crippen LogP contribution in [0.2, 0.25) is 0 Å². The van der Waals surface area contributed by atoms with Crippen LogP contribution in [0.25, 0.3) is 0 Å². The summed E-state index contributed by atoms with van der Waals surface area (Å²) in [6, 6.07) is 4.54. The maximum absolute atomic E-state index is 13.3. The lowest BCUT2D eigenvalue weighted by molar-refractivity contribution is 0.207. The normalized spacial score (nSPS) is 17.3. The molecule has 19 heavy (non-hydrogen) atoms. The first-order chi connectivity index (χ1) is 9.04. The average molecular weight is 330 g/mol. The van der Waals surface area contributed by atoms with Crippen LogP contribution in [0.5, 0.6) is 0 Å². The van der Waals surface area contributed by atoms with Gasteiger partial charge >= 0.3 is 6.03 Å². The molecule has 1 aromatic rings. The predicted octanol–water partition coefficient (Wildman–Crippen LogP) is 2.17. The summed E-state index contributed by atoms with van der Waals surface area (Å²) < 4.78 is 14.1. The van der Waals surface area contributed by atoms with Gasteiger partial charge in [-0.3, -0.25) is 4.90 Å². The van der Waals surface area contributed by atoms with E-state index in [1.807, 2.05) is 6.07 Å². The van der Waals surface area contributed by atoms with Crippen molar-refractivity contribution in [3.8, 4) is 0 Å². The van der Waals surface area contributed by atoms with Gasteiger partial charge in [0.15, 0.2) is 0 Å². The monoisotopic (exact) mass is 329 g/mol. The van der Waals surface area contributed by atoms with E-state index in [1.165, 1.54) is 6.07 Å². The maximum atomic E-state index is 13.3. The van der Waals surface area contributed by atoms with Gasteiger partial charge in [-0.25, -0.2) is 9.18 Å². The highest BCUT2D eigenvalue weighted by Gasteiger charge is 2.17. The third-order valence-electron chi connectivity index (χ3n) is 3.23. The third-order valence-corrected chi connectivity index (χ3v) is 3.69. The third kappa shape index (κ3) is 4.18. The second-order valence-corrected chi connectivity index (χ2v) is 5.65. The SMILES string of the molecule is NC(=O)N1CCCN(Cc2cc(F)cc(Br)c2)CC1. The van der Waals surface area contributed by atoms with Crippen LogP contribution >= 0.6 is 15.9 Å². The minimum Gasteiger partial charge on any atom is -0.351 e. The number of primary amides is 1. The van der Waals surface area contributed by atoms with E-state index in [-0.39, 0.29) is 11.8 Å². The Labute approximate surface area is 120 Å². The van der Waals surface area contributed by atoms with Gasteiger partial charge in [0.05, 0.1) is 0 Å². The Balaban J connectivity index is 1.97. The Morgan fingerprint density at radius 3 is 2.74 bits per heavy atom. The second kappa shape index (κ2) is 6.34. The summed E-state index contributed by atoms with van der Waals surface area (Å²) >= 11 is 3.29. The molecule has 0 aromatic heterocycles. The number of hydrogen-bond acceptors (Lipinski definition) is 2. The smallest absolute Gasteiger partial charge is 0.314 e. The van der Waals surface area contributed by atoms with E-state index < -0.39 is 0 Å². The lowest BCUT2D eigenvalue weighted by atomic mass is 10.2. The maximum Gasteiger partial charge on any atom is 0.314 e. The summed E-state index contributed by atoms with van der Waals surface area (Å²) in [5, 5.41) is 0. The van der Waals surface area contributed by atoms with E-state index in [2.05, 4.69) is 20.8 Å². The number of rotatable bonds is 2. The molecule has 1 heterocycles. The molecule has 0 bridgehead atoms. The zero-order valence-electron chi connectivity index (χ0n) is 10.6. The van der Waals surface area contributed by atoms with Gasteiger partial charge in [0.2, 0.25) is 0 Å². The fourth-order valence-electron chi connectivity index (χ4n) is 2.31. The van der Waals surface area contributed by atoms with Crippen LogP contribution in [-0.4, -0.2) is 42.0 Å². The molecule has 4 nitrogen and oxygen atoms in total. The molecular formula is C13H17BrFN3O. The molecule has 0 spiro atoms. The molecule has 1 fully saturated rings. The van der Waals surface area contributed by atoms with Crippen LogP contribution in [0, 0.1) is 5.82 Å². The molecule has 0 saturated carbocycles. The van der Waals surface area contributed by atoms with E-state index in [0.717, 1.165) is 29.5 Å². The van der Waals surface area contributed by atoms with E-state index in [4.69, 9.17) is 5.73 Å². The predicted molar refractivity (Wildman–Crippen MR) is 75.2 cm³/mol. The molecule has 1 aliphatic rings. The number of carbonyl (C=O) groups is 1. The summed E-state index contributed by atoms with van der Waals surface area (Å²) in [5.74, 6) is -0.238. The Morgan fingerprint density at radius 2 is 2.05 bits per heavy atom. The standard InChI is InChI=1S/C13H17BrFN3O/c14-11-6-10(7-12(15)8-11)9-17-2-1-3-18(5-4-17)13(16)19/h6-8H,1-5,9H2,(H2,16,19). The van der Waals surface area contributed by atoms with Crippen LogP contribution < -0.4 is 5.73 Å². The molecule has 6 heteroatoms. The van der Waals surface area contributed by atoms with Gasteiger partial charge in [-0.05, 0) is 30.2 Å². The molecule has 1 aliphatic heterocycles. The van der Waals surface area contributed by atoms with Gasteiger partial charge in [-0.15, -0.1) is 0 Å². The van der Waals surface area contributed by atoms with E-state index in [0.29, 0.717) is 19.6 Å². The molecule has 1 saturated heterocycles. The topological polar surface area (TPSA) is 49.6 Å². The Kier molecular flexibility index (Phi) is 4.76. The van der Waals surface area contributed by atoms with Crippen molar-refractivity contribution in [2.45, 2.75) is 13.0 Å². The van der Waals surface area contributed by atoms with Gasteiger partial charge < -0.3 is 10.6 Å². The molecule has 104 valence electrons. The van der Waals surface area contributed by atoms with Crippen molar-refractivity contribution in [2.75, 3.05) is 26.2 Å². The number of nitrogens with zero attached hydrogens (tertiary/aromatic N) is 2. The van der Waals surface area contributed by atoms with Crippen LogP contribution in [0.1, 0.15) is 12.0 Å². The van der Waals surface area contributed by atoms with Gasteiger partial charge in [-0.1, -0.05) is 15.9 Å². The summed E-state index contributed by atoms with van der Waals surface area (Å²) in [7, 11) is 0. The lowest BCUT2D eigenvalue weighted by Gasteiger charge is -2.21. The van der Waals surface area contributed by atoms with Gasteiger partial charge in [0, 0.05) is 37.2 Å². The molecule has 2 N–H and O–H groups in total. The molecule has 1 aromatic carbocycles. The number of amides is 2. The largest absolute Gasteiger partial charge is 0.351 e. The zero-order valence-corrected chi connectivity index (χ0v) is 12.2. The summed E-state index contributed by atoms with van der Waals surface area (Å²) in [5.41, 5.74) is 6.22. The average Bonchev–Trinajstić information content (AvgIpc) is 2.53. The minimum atomic E-state index is -0.365. The number of carbonyl (C=O) groups excluding carboxylic acids is 1. The number of benzene rings is 1. The molecule has 0 radical (unpaired) electrons. The number of nitrogens with two attached hydrogens (primary N) is 1. The van der Waals surface area contributed by atoms with Crippen molar-refractivity contribution >= 4 is 22.0 Å². The quantitative estimate of drug-likeness (QED) is 0.904. The highest BCUT2D eigenvalue weighted by Crippen LogP contribution is 2.17. The lowest BCUT2D eigenvalue weighted by Crippen LogP contribution is -2.38. The Hall–Kier alpha value is -1.14. The van der Waals surface area contributed by atoms with E-state index in [1.54, 1.807) is 11.0 Å². The van der Waals surface area contributed by atoms with E-state index >= 15 is 0 Å². The molecule has 0 aliphatic carbocycles. The molecule has 2 amide bonds. The fraction of sp³-hybridized carbons (Fsp3) is 0.462. The van der Waals surface area contributed by atoms with Gasteiger partial charge in [0.25, 0.3) is 0 Å². The number of urea groups is 1. The van der Waals surface area contributed by atoms with E-state index in [9.17, 15) is 9.18 Å². The van der Waals surface area contributed by atoms with Gasteiger partial charge in [0.1, 0.15) is 5.82 Å². The molecule has 0 atom stereocenters. The van der Waals surface area contributed by atoms with Crippen molar-refractivity contribution in [3.05, 3.63) is 34.1 Å². The number of hydrogen-bond donors (Lipinski definition) is 1. The van der Waals surface area contributed by atoms with Gasteiger partial charge in [-0.2, -0.15) is 0 Å².